The smallest absolute Gasteiger partial charge is 0.335 e. The number of nitrogens with zero attached hydrogens (tertiary/aromatic N) is 1. The summed E-state index contributed by atoms with van der Waals surface area (Å²) in [5, 5.41) is 12.1. The van der Waals surface area contributed by atoms with Crippen molar-refractivity contribution < 1.29 is 9.90 Å². The number of nitrogens with one attached hydrogen (secondary N) is 1. The Morgan fingerprint density at radius 2 is 1.88 bits per heavy atom. The number of carbonyl (C=O) groups is 1. The van der Waals surface area contributed by atoms with E-state index in [0.29, 0.717) is 5.56 Å². The number of anilines is 2. The normalized spacial score (nSPS) is 9.94. The predicted molar refractivity (Wildman–Crippen MR) is 65.7 cm³/mol. The number of carboxylic acids is 1. The molecule has 1 heterocycles. The second kappa shape index (κ2) is 4.65. The minimum Gasteiger partial charge on any atom is -0.478 e. The molecule has 0 saturated carbocycles. The molecule has 0 bridgehead atoms. The lowest BCUT2D eigenvalue weighted by atomic mass is 10.1. The van der Waals surface area contributed by atoms with Crippen LogP contribution in [0.25, 0.3) is 0 Å². The third-order valence-corrected chi connectivity index (χ3v) is 2.43. The zero-order chi connectivity index (χ0) is 12.3. The Balaban J connectivity index is 2.24. The van der Waals surface area contributed by atoms with Crippen molar-refractivity contribution >= 4 is 17.3 Å². The first-order chi connectivity index (χ1) is 8.16. The molecule has 0 fully saturated rings. The van der Waals surface area contributed by atoms with Gasteiger partial charge in [0.25, 0.3) is 0 Å². The minimum absolute atomic E-state index is 0.324. The second-order valence-corrected chi connectivity index (χ2v) is 3.70. The molecule has 17 heavy (non-hydrogen) atoms. The van der Waals surface area contributed by atoms with Crippen LogP contribution in [0.15, 0.2) is 42.7 Å². The maximum atomic E-state index is 10.9. The number of rotatable bonds is 3. The molecular formula is C13H12N2O2. The van der Waals surface area contributed by atoms with E-state index >= 15 is 0 Å². The van der Waals surface area contributed by atoms with Gasteiger partial charge in [0.2, 0.25) is 0 Å². The number of pyridine rings is 1. The van der Waals surface area contributed by atoms with Crippen LogP contribution in [-0.2, 0) is 0 Å². The number of carboxylic acid groups (broad SMARTS) is 1. The highest BCUT2D eigenvalue weighted by Gasteiger charge is 2.06. The third kappa shape index (κ3) is 2.60. The monoisotopic (exact) mass is 228 g/mol. The molecule has 0 amide bonds. The number of aryl methyl sites for hydroxylation is 1. The van der Waals surface area contributed by atoms with E-state index < -0.39 is 5.97 Å². The standard InChI is InChI=1S/C13H12N2O2/c1-9-8-11(2-3-12(9)13(16)17)15-10-4-6-14-7-5-10/h2-8H,1H3,(H,14,15)(H,16,17). The molecule has 0 saturated heterocycles. The third-order valence-electron chi connectivity index (χ3n) is 2.43. The van der Waals surface area contributed by atoms with Gasteiger partial charge in [-0.2, -0.15) is 0 Å². The van der Waals surface area contributed by atoms with Crippen molar-refractivity contribution in [1.82, 2.24) is 4.98 Å². The van der Waals surface area contributed by atoms with Gasteiger partial charge in [0.15, 0.2) is 0 Å². The van der Waals surface area contributed by atoms with E-state index in [-0.39, 0.29) is 0 Å². The van der Waals surface area contributed by atoms with Crippen LogP contribution in [0.3, 0.4) is 0 Å². The first-order valence-electron chi connectivity index (χ1n) is 5.18. The van der Waals surface area contributed by atoms with Crippen LogP contribution < -0.4 is 5.32 Å². The molecule has 2 N–H and O–H groups in total. The molecule has 0 spiro atoms. The summed E-state index contributed by atoms with van der Waals surface area (Å²) >= 11 is 0. The van der Waals surface area contributed by atoms with Gasteiger partial charge in [0.1, 0.15) is 0 Å². The lowest BCUT2D eigenvalue weighted by Gasteiger charge is -2.08. The van der Waals surface area contributed by atoms with Gasteiger partial charge >= 0.3 is 5.97 Å². The van der Waals surface area contributed by atoms with E-state index in [9.17, 15) is 4.79 Å². The Hall–Kier alpha value is -2.36. The van der Waals surface area contributed by atoms with Gasteiger partial charge in [-0.15, -0.1) is 0 Å². The van der Waals surface area contributed by atoms with Gasteiger partial charge in [0.05, 0.1) is 5.56 Å². The molecule has 0 unspecified atom stereocenters. The molecule has 1 aromatic carbocycles. The summed E-state index contributed by atoms with van der Waals surface area (Å²) < 4.78 is 0. The first-order valence-corrected chi connectivity index (χ1v) is 5.18. The van der Waals surface area contributed by atoms with Crippen LogP contribution in [0.2, 0.25) is 0 Å². The molecule has 0 radical (unpaired) electrons. The summed E-state index contributed by atoms with van der Waals surface area (Å²) in [6.07, 6.45) is 3.39. The van der Waals surface area contributed by atoms with E-state index in [2.05, 4.69) is 10.3 Å². The van der Waals surface area contributed by atoms with Crippen LogP contribution in [0.4, 0.5) is 11.4 Å². The van der Waals surface area contributed by atoms with Crippen molar-refractivity contribution in [2.45, 2.75) is 6.92 Å². The molecule has 4 heteroatoms. The van der Waals surface area contributed by atoms with Gasteiger partial charge in [-0.1, -0.05) is 0 Å². The van der Waals surface area contributed by atoms with Crippen molar-refractivity contribution in [2.75, 3.05) is 5.32 Å². The summed E-state index contributed by atoms with van der Waals surface area (Å²) in [6.45, 7) is 1.78. The molecule has 0 aliphatic rings. The van der Waals surface area contributed by atoms with Gasteiger partial charge in [0, 0.05) is 23.8 Å². The molecular weight excluding hydrogens is 216 g/mol. The van der Waals surface area contributed by atoms with Crippen molar-refractivity contribution in [3.63, 3.8) is 0 Å². The lowest BCUT2D eigenvalue weighted by Crippen LogP contribution is -2.00. The van der Waals surface area contributed by atoms with E-state index in [0.717, 1.165) is 16.9 Å². The summed E-state index contributed by atoms with van der Waals surface area (Å²) in [5.74, 6) is -0.905. The molecule has 0 aliphatic carbocycles. The molecule has 2 aromatic rings. The maximum Gasteiger partial charge on any atom is 0.335 e. The zero-order valence-electron chi connectivity index (χ0n) is 9.34. The Bertz CT molecular complexity index is 538. The fourth-order valence-corrected chi connectivity index (χ4v) is 1.58. The number of hydrogen-bond donors (Lipinski definition) is 2. The first kappa shape index (κ1) is 11.1. The van der Waals surface area contributed by atoms with E-state index in [1.807, 2.05) is 18.2 Å². The number of aromatic carboxylic acids is 1. The summed E-state index contributed by atoms with van der Waals surface area (Å²) in [5.41, 5.74) is 2.84. The van der Waals surface area contributed by atoms with E-state index in [1.54, 1.807) is 31.5 Å². The Morgan fingerprint density at radius 1 is 1.18 bits per heavy atom. The minimum atomic E-state index is -0.905. The summed E-state index contributed by atoms with van der Waals surface area (Å²) in [4.78, 5) is 14.8. The Kier molecular flexibility index (Phi) is 3.05. The highest BCUT2D eigenvalue weighted by atomic mass is 16.4. The SMILES string of the molecule is Cc1cc(Nc2ccncc2)ccc1C(=O)O. The van der Waals surface area contributed by atoms with Gasteiger partial charge in [-0.25, -0.2) is 4.79 Å². The molecule has 4 nitrogen and oxygen atoms in total. The summed E-state index contributed by atoms with van der Waals surface area (Å²) in [6, 6.07) is 8.85. The molecule has 2 rings (SSSR count). The zero-order valence-corrected chi connectivity index (χ0v) is 9.34. The van der Waals surface area contributed by atoms with Crippen molar-refractivity contribution in [3.05, 3.63) is 53.9 Å². The van der Waals surface area contributed by atoms with E-state index in [4.69, 9.17) is 5.11 Å². The largest absolute Gasteiger partial charge is 0.478 e. The quantitative estimate of drug-likeness (QED) is 0.847. The average Bonchev–Trinajstić information content (AvgIpc) is 2.30. The highest BCUT2D eigenvalue weighted by molar-refractivity contribution is 5.90. The molecule has 1 aromatic heterocycles. The fourth-order valence-electron chi connectivity index (χ4n) is 1.58. The molecule has 86 valence electrons. The van der Waals surface area contributed by atoms with Crippen molar-refractivity contribution in [3.8, 4) is 0 Å². The average molecular weight is 228 g/mol. The summed E-state index contributed by atoms with van der Waals surface area (Å²) in [7, 11) is 0. The van der Waals surface area contributed by atoms with Crippen molar-refractivity contribution in [1.29, 1.82) is 0 Å². The van der Waals surface area contributed by atoms with Crippen LogP contribution in [0.5, 0.6) is 0 Å². The number of hydrogen-bond acceptors (Lipinski definition) is 3. The maximum absolute atomic E-state index is 10.9. The fraction of sp³-hybridized carbons (Fsp3) is 0.0769. The molecule has 0 atom stereocenters. The van der Waals surface area contributed by atoms with Crippen molar-refractivity contribution in [2.24, 2.45) is 0 Å². The second-order valence-electron chi connectivity index (χ2n) is 3.70. The number of benzene rings is 1. The Labute approximate surface area is 98.9 Å². The van der Waals surface area contributed by atoms with Gasteiger partial charge in [-0.05, 0) is 42.8 Å². The van der Waals surface area contributed by atoms with E-state index in [1.165, 1.54) is 0 Å². The van der Waals surface area contributed by atoms with Crippen LogP contribution in [0, 0.1) is 6.92 Å². The molecule has 0 aliphatic heterocycles. The topological polar surface area (TPSA) is 62.2 Å². The highest BCUT2D eigenvalue weighted by Crippen LogP contribution is 2.19. The number of aromatic nitrogens is 1. The van der Waals surface area contributed by atoms with Crippen LogP contribution in [-0.4, -0.2) is 16.1 Å². The van der Waals surface area contributed by atoms with Gasteiger partial charge in [-0.3, -0.25) is 4.98 Å². The van der Waals surface area contributed by atoms with Crippen LogP contribution in [0.1, 0.15) is 15.9 Å². The van der Waals surface area contributed by atoms with Crippen LogP contribution >= 0.6 is 0 Å². The van der Waals surface area contributed by atoms with Gasteiger partial charge < -0.3 is 10.4 Å². The predicted octanol–water partition coefficient (Wildman–Crippen LogP) is 2.83. The Morgan fingerprint density at radius 3 is 2.47 bits per heavy atom. The lowest BCUT2D eigenvalue weighted by molar-refractivity contribution is 0.0696.